The van der Waals surface area contributed by atoms with Crippen LogP contribution in [0.4, 0.5) is 4.39 Å². The first kappa shape index (κ1) is 20.9. The Morgan fingerprint density at radius 1 is 1.21 bits per heavy atom. The second-order valence-electron chi connectivity index (χ2n) is 8.37. The molecule has 0 saturated heterocycles. The van der Waals surface area contributed by atoms with E-state index in [1.54, 1.807) is 0 Å². The first-order valence-electron chi connectivity index (χ1n) is 10.8. The number of fused-ring (bicyclic) bond motifs is 1. The van der Waals surface area contributed by atoms with Gasteiger partial charge in [0.1, 0.15) is 23.9 Å². The van der Waals surface area contributed by atoms with Crippen molar-refractivity contribution >= 4 is 11.2 Å². The Hall–Kier alpha value is -3.94. The van der Waals surface area contributed by atoms with Gasteiger partial charge in [-0.1, -0.05) is 24.2 Å². The molecule has 5 rings (SSSR count). The van der Waals surface area contributed by atoms with Crippen molar-refractivity contribution in [3.05, 3.63) is 47.6 Å². The Morgan fingerprint density at radius 2 is 2.03 bits per heavy atom. The highest BCUT2D eigenvalue weighted by Crippen LogP contribution is 2.35. The number of halogens is 1. The van der Waals surface area contributed by atoms with Gasteiger partial charge in [-0.15, -0.1) is 5.10 Å². The maximum atomic E-state index is 14.5. The maximum absolute atomic E-state index is 14.5. The molecule has 0 amide bonds. The number of nitrogens with zero attached hydrogens (tertiary/aromatic N) is 8. The quantitative estimate of drug-likeness (QED) is 0.447. The zero-order valence-electron chi connectivity index (χ0n) is 18.1. The molecular formula is C22H21FN8O2. The first-order valence-corrected chi connectivity index (χ1v) is 10.8. The van der Waals surface area contributed by atoms with E-state index in [2.05, 4.69) is 30.4 Å². The molecule has 10 nitrogen and oxygen atoms in total. The summed E-state index contributed by atoms with van der Waals surface area (Å²) in [6.07, 6.45) is 4.62. The monoisotopic (exact) mass is 448 g/mol. The summed E-state index contributed by atoms with van der Waals surface area (Å²) in [6, 6.07) is 6.03. The average molecular weight is 448 g/mol. The van der Waals surface area contributed by atoms with Gasteiger partial charge in [-0.25, -0.2) is 9.37 Å². The fourth-order valence-corrected chi connectivity index (χ4v) is 3.96. The fourth-order valence-electron chi connectivity index (χ4n) is 3.96. The van der Waals surface area contributed by atoms with Crippen LogP contribution in [-0.4, -0.2) is 41.2 Å². The zero-order valence-corrected chi connectivity index (χ0v) is 18.1. The molecule has 4 aromatic rings. The van der Waals surface area contributed by atoms with Crippen molar-refractivity contribution in [2.45, 2.75) is 57.5 Å². The van der Waals surface area contributed by atoms with Crippen LogP contribution in [0.1, 0.15) is 68.6 Å². The molecule has 0 aliphatic heterocycles. The Labute approximate surface area is 188 Å². The van der Waals surface area contributed by atoms with Gasteiger partial charge in [0.2, 0.25) is 11.8 Å². The average Bonchev–Trinajstić information content (AvgIpc) is 3.48. The number of rotatable bonds is 5. The summed E-state index contributed by atoms with van der Waals surface area (Å²) in [5.41, 5.74) is 1.03. The number of hydrogen-bond donors (Lipinski definition) is 0. The molecule has 0 atom stereocenters. The van der Waals surface area contributed by atoms with Crippen molar-refractivity contribution in [3.8, 4) is 17.6 Å². The largest absolute Gasteiger partial charge is 0.473 e. The highest BCUT2D eigenvalue weighted by Gasteiger charge is 2.29. The second kappa shape index (κ2) is 8.54. The van der Waals surface area contributed by atoms with E-state index in [9.17, 15) is 4.39 Å². The Morgan fingerprint density at radius 3 is 2.73 bits per heavy atom. The van der Waals surface area contributed by atoms with E-state index in [-0.39, 0.29) is 29.2 Å². The predicted octanol–water partition coefficient (Wildman–Crippen LogP) is 3.83. The lowest BCUT2D eigenvalue weighted by Crippen LogP contribution is -2.24. The van der Waals surface area contributed by atoms with Gasteiger partial charge in [0, 0.05) is 11.8 Å². The topological polar surface area (TPSA) is 128 Å². The van der Waals surface area contributed by atoms with Gasteiger partial charge in [-0.3, -0.25) is 0 Å². The first-order chi connectivity index (χ1) is 16.0. The Balaban J connectivity index is 1.32. The fraction of sp³-hybridized carbons (Fsp3) is 0.409. The highest BCUT2D eigenvalue weighted by molar-refractivity contribution is 5.76. The SMILES string of the molecule is CC(C)c1noc(C2CCC(Oc3ncnc4c3nnn4-c3ccc(C#N)cc3F)CC2)n1. The lowest BCUT2D eigenvalue weighted by molar-refractivity contribution is 0.135. The molecule has 11 heteroatoms. The molecule has 1 saturated carbocycles. The van der Waals surface area contributed by atoms with E-state index < -0.39 is 5.82 Å². The van der Waals surface area contributed by atoms with E-state index >= 15 is 0 Å². The van der Waals surface area contributed by atoms with Gasteiger partial charge in [0.05, 0.1) is 11.6 Å². The number of ether oxygens (including phenoxy) is 1. The minimum absolute atomic E-state index is 0.0522. The molecule has 1 fully saturated rings. The molecule has 168 valence electrons. The molecule has 0 N–H and O–H groups in total. The van der Waals surface area contributed by atoms with Crippen molar-refractivity contribution in [2.75, 3.05) is 0 Å². The Kier molecular flexibility index (Phi) is 5.42. The summed E-state index contributed by atoms with van der Waals surface area (Å²) < 4.78 is 27.4. The van der Waals surface area contributed by atoms with Crippen molar-refractivity contribution in [2.24, 2.45) is 0 Å². The van der Waals surface area contributed by atoms with Gasteiger partial charge < -0.3 is 9.26 Å². The predicted molar refractivity (Wildman–Crippen MR) is 113 cm³/mol. The lowest BCUT2D eigenvalue weighted by Gasteiger charge is -2.26. The molecule has 0 radical (unpaired) electrons. The van der Waals surface area contributed by atoms with Gasteiger partial charge in [-0.05, 0) is 43.9 Å². The third kappa shape index (κ3) is 4.00. The van der Waals surface area contributed by atoms with Gasteiger partial charge in [0.25, 0.3) is 0 Å². The van der Waals surface area contributed by atoms with Crippen LogP contribution in [0.25, 0.3) is 16.9 Å². The van der Waals surface area contributed by atoms with Crippen LogP contribution in [0.15, 0.2) is 29.0 Å². The lowest BCUT2D eigenvalue weighted by atomic mass is 9.87. The Bertz CT molecular complexity index is 1330. The third-order valence-corrected chi connectivity index (χ3v) is 5.78. The van der Waals surface area contributed by atoms with Crippen LogP contribution in [0.5, 0.6) is 5.88 Å². The summed E-state index contributed by atoms with van der Waals surface area (Å²) in [5.74, 6) is 1.58. The molecular weight excluding hydrogens is 427 g/mol. The number of benzene rings is 1. The smallest absolute Gasteiger partial charge is 0.247 e. The second-order valence-corrected chi connectivity index (χ2v) is 8.37. The molecule has 0 spiro atoms. The molecule has 1 aliphatic rings. The van der Waals surface area contributed by atoms with Gasteiger partial charge in [-0.2, -0.15) is 19.9 Å². The standard InChI is InChI=1S/C22H21FN8O2/c1-12(2)19-27-21(33-29-19)14-4-6-15(7-5-14)32-22-18-20(25-11-26-22)31(30-28-18)17-8-3-13(10-24)9-16(17)23/h3,8-9,11-12,14-15H,4-7H2,1-2H3. The van der Waals surface area contributed by atoms with E-state index in [0.29, 0.717) is 22.9 Å². The summed E-state index contributed by atoms with van der Waals surface area (Å²) in [6.45, 7) is 4.07. The molecule has 0 bridgehead atoms. The van der Waals surface area contributed by atoms with Crippen molar-refractivity contribution in [1.29, 1.82) is 5.26 Å². The van der Waals surface area contributed by atoms with E-state index in [4.69, 9.17) is 14.5 Å². The molecule has 1 aromatic carbocycles. The van der Waals surface area contributed by atoms with Crippen molar-refractivity contribution in [3.63, 3.8) is 0 Å². The molecule has 33 heavy (non-hydrogen) atoms. The number of aromatic nitrogens is 7. The maximum Gasteiger partial charge on any atom is 0.247 e. The van der Waals surface area contributed by atoms with E-state index in [0.717, 1.165) is 37.6 Å². The van der Waals surface area contributed by atoms with Crippen molar-refractivity contribution < 1.29 is 13.7 Å². The van der Waals surface area contributed by atoms with E-state index in [1.807, 2.05) is 19.9 Å². The number of nitriles is 1. The highest BCUT2D eigenvalue weighted by atomic mass is 19.1. The molecule has 0 unspecified atom stereocenters. The normalized spacial score (nSPS) is 18.5. The number of hydrogen-bond acceptors (Lipinski definition) is 9. The van der Waals surface area contributed by atoms with Crippen LogP contribution in [0, 0.1) is 17.1 Å². The van der Waals surface area contributed by atoms with Crippen LogP contribution in [0.2, 0.25) is 0 Å². The van der Waals surface area contributed by atoms with Gasteiger partial charge >= 0.3 is 0 Å². The minimum Gasteiger partial charge on any atom is -0.473 e. The summed E-state index contributed by atoms with van der Waals surface area (Å²) in [7, 11) is 0. The van der Waals surface area contributed by atoms with E-state index in [1.165, 1.54) is 23.1 Å². The summed E-state index contributed by atoms with van der Waals surface area (Å²) in [5, 5.41) is 21.2. The van der Waals surface area contributed by atoms with Crippen LogP contribution in [0.3, 0.4) is 0 Å². The summed E-state index contributed by atoms with van der Waals surface area (Å²) in [4.78, 5) is 13.0. The van der Waals surface area contributed by atoms with Crippen LogP contribution < -0.4 is 4.74 Å². The molecule has 1 aliphatic carbocycles. The molecule has 3 heterocycles. The van der Waals surface area contributed by atoms with Crippen LogP contribution >= 0.6 is 0 Å². The van der Waals surface area contributed by atoms with Crippen molar-refractivity contribution in [1.82, 2.24) is 35.1 Å². The van der Waals surface area contributed by atoms with Gasteiger partial charge in [0.15, 0.2) is 17.0 Å². The zero-order chi connectivity index (χ0) is 22.9. The summed E-state index contributed by atoms with van der Waals surface area (Å²) >= 11 is 0. The molecule has 3 aromatic heterocycles. The minimum atomic E-state index is -0.595. The van der Waals surface area contributed by atoms with Crippen LogP contribution in [-0.2, 0) is 0 Å². The third-order valence-electron chi connectivity index (χ3n) is 5.78.